The standard InChI is InChI=1S/C14H20N6OS/c1-9-16-11(6-12(21)17-9)8-22-14-19-18-13(20(14)2)10-4-3-5-15-7-10/h6,10,15H,3-5,7-8H2,1-2H3,(H,16,17,21). The van der Waals surface area contributed by atoms with Gasteiger partial charge in [0.1, 0.15) is 11.6 Å². The maximum atomic E-state index is 11.5. The van der Waals surface area contributed by atoms with Crippen molar-refractivity contribution >= 4 is 11.8 Å². The van der Waals surface area contributed by atoms with Gasteiger partial charge in [-0.25, -0.2) is 4.98 Å². The number of H-pyrrole nitrogens is 1. The van der Waals surface area contributed by atoms with Crippen LogP contribution < -0.4 is 10.9 Å². The highest BCUT2D eigenvalue weighted by Crippen LogP contribution is 2.26. The number of rotatable bonds is 4. The minimum Gasteiger partial charge on any atom is -0.316 e. The van der Waals surface area contributed by atoms with Gasteiger partial charge in [-0.15, -0.1) is 10.2 Å². The summed E-state index contributed by atoms with van der Waals surface area (Å²) in [6.45, 7) is 3.83. The summed E-state index contributed by atoms with van der Waals surface area (Å²) >= 11 is 1.56. The van der Waals surface area contributed by atoms with Crippen molar-refractivity contribution in [2.45, 2.75) is 36.6 Å². The third-order valence-corrected chi connectivity index (χ3v) is 4.85. The van der Waals surface area contributed by atoms with E-state index in [1.54, 1.807) is 18.7 Å². The van der Waals surface area contributed by atoms with Gasteiger partial charge in [-0.05, 0) is 26.3 Å². The normalized spacial score (nSPS) is 18.5. The van der Waals surface area contributed by atoms with E-state index in [1.165, 1.54) is 12.5 Å². The van der Waals surface area contributed by atoms with Crippen LogP contribution in [0.4, 0.5) is 0 Å². The lowest BCUT2D eigenvalue weighted by Crippen LogP contribution is -2.29. The zero-order valence-electron chi connectivity index (χ0n) is 12.8. The summed E-state index contributed by atoms with van der Waals surface area (Å²) in [6, 6.07) is 1.53. The molecule has 8 heteroatoms. The molecule has 22 heavy (non-hydrogen) atoms. The molecule has 1 unspecified atom stereocenters. The van der Waals surface area contributed by atoms with E-state index in [0.29, 0.717) is 17.5 Å². The van der Waals surface area contributed by atoms with Gasteiger partial charge in [-0.2, -0.15) is 0 Å². The van der Waals surface area contributed by atoms with Crippen LogP contribution in [0.25, 0.3) is 0 Å². The number of hydrogen-bond donors (Lipinski definition) is 2. The van der Waals surface area contributed by atoms with Crippen molar-refractivity contribution in [2.24, 2.45) is 7.05 Å². The lowest BCUT2D eigenvalue weighted by molar-refractivity contribution is 0.436. The van der Waals surface area contributed by atoms with Crippen molar-refractivity contribution < 1.29 is 0 Å². The number of aryl methyl sites for hydroxylation is 1. The number of nitrogens with one attached hydrogen (secondary N) is 2. The molecule has 1 aliphatic heterocycles. The highest BCUT2D eigenvalue weighted by Gasteiger charge is 2.21. The molecule has 0 aromatic carbocycles. The lowest BCUT2D eigenvalue weighted by atomic mass is 9.99. The predicted octanol–water partition coefficient (Wildman–Crippen LogP) is 0.966. The summed E-state index contributed by atoms with van der Waals surface area (Å²) < 4.78 is 2.06. The van der Waals surface area contributed by atoms with E-state index in [2.05, 4.69) is 30.0 Å². The molecule has 7 nitrogen and oxygen atoms in total. The number of thioether (sulfide) groups is 1. The first kappa shape index (κ1) is 15.2. The van der Waals surface area contributed by atoms with Gasteiger partial charge in [-0.1, -0.05) is 11.8 Å². The topological polar surface area (TPSA) is 88.5 Å². The number of piperidine rings is 1. The Morgan fingerprint density at radius 3 is 3.05 bits per heavy atom. The Bertz CT molecular complexity index is 704. The second-order valence-electron chi connectivity index (χ2n) is 5.55. The molecular formula is C14H20N6OS. The van der Waals surface area contributed by atoms with Crippen LogP contribution in [0.2, 0.25) is 0 Å². The van der Waals surface area contributed by atoms with Crippen LogP contribution >= 0.6 is 11.8 Å². The molecule has 1 fully saturated rings. The van der Waals surface area contributed by atoms with Crippen LogP contribution in [0, 0.1) is 6.92 Å². The number of nitrogens with zero attached hydrogens (tertiary/aromatic N) is 4. The monoisotopic (exact) mass is 320 g/mol. The molecule has 1 saturated heterocycles. The summed E-state index contributed by atoms with van der Waals surface area (Å²) in [5, 5.41) is 12.9. The van der Waals surface area contributed by atoms with Crippen LogP contribution in [-0.2, 0) is 12.8 Å². The molecule has 2 aromatic heterocycles. The van der Waals surface area contributed by atoms with E-state index < -0.39 is 0 Å². The Balaban J connectivity index is 1.70. The smallest absolute Gasteiger partial charge is 0.251 e. The van der Waals surface area contributed by atoms with Gasteiger partial charge in [-0.3, -0.25) is 4.79 Å². The van der Waals surface area contributed by atoms with Crippen LogP contribution in [-0.4, -0.2) is 37.8 Å². The second kappa shape index (κ2) is 6.62. The molecule has 1 aliphatic rings. The average molecular weight is 320 g/mol. The molecular weight excluding hydrogens is 300 g/mol. The summed E-state index contributed by atoms with van der Waals surface area (Å²) in [6.07, 6.45) is 2.33. The van der Waals surface area contributed by atoms with Gasteiger partial charge in [0.25, 0.3) is 5.56 Å². The van der Waals surface area contributed by atoms with Crippen molar-refractivity contribution in [3.8, 4) is 0 Å². The van der Waals surface area contributed by atoms with Crippen molar-refractivity contribution in [3.63, 3.8) is 0 Å². The number of aromatic nitrogens is 5. The number of aromatic amines is 1. The van der Waals surface area contributed by atoms with E-state index in [9.17, 15) is 4.79 Å². The maximum absolute atomic E-state index is 11.5. The fourth-order valence-electron chi connectivity index (χ4n) is 2.73. The van der Waals surface area contributed by atoms with Gasteiger partial charge in [0, 0.05) is 31.3 Å². The van der Waals surface area contributed by atoms with Gasteiger partial charge in [0.2, 0.25) is 0 Å². The van der Waals surface area contributed by atoms with Gasteiger partial charge < -0.3 is 14.9 Å². The van der Waals surface area contributed by atoms with E-state index in [0.717, 1.165) is 36.2 Å². The van der Waals surface area contributed by atoms with Crippen LogP contribution in [0.15, 0.2) is 16.0 Å². The molecule has 0 spiro atoms. The fourth-order valence-corrected chi connectivity index (χ4v) is 3.54. The Labute approximate surface area is 133 Å². The van der Waals surface area contributed by atoms with E-state index in [-0.39, 0.29) is 5.56 Å². The molecule has 2 N–H and O–H groups in total. The molecule has 0 saturated carbocycles. The van der Waals surface area contributed by atoms with Crippen molar-refractivity contribution in [2.75, 3.05) is 13.1 Å². The number of hydrogen-bond acceptors (Lipinski definition) is 6. The summed E-state index contributed by atoms with van der Waals surface area (Å²) in [4.78, 5) is 18.4. The van der Waals surface area contributed by atoms with Crippen molar-refractivity contribution in [1.82, 2.24) is 30.0 Å². The fraction of sp³-hybridized carbons (Fsp3) is 0.571. The lowest BCUT2D eigenvalue weighted by Gasteiger charge is -2.21. The second-order valence-corrected chi connectivity index (χ2v) is 6.50. The molecule has 0 aliphatic carbocycles. The minimum absolute atomic E-state index is 0.116. The molecule has 118 valence electrons. The first-order valence-electron chi connectivity index (χ1n) is 7.43. The van der Waals surface area contributed by atoms with Crippen molar-refractivity contribution in [3.05, 3.63) is 33.8 Å². The van der Waals surface area contributed by atoms with E-state index in [4.69, 9.17) is 0 Å². The van der Waals surface area contributed by atoms with E-state index in [1.807, 2.05) is 7.05 Å². The van der Waals surface area contributed by atoms with Crippen molar-refractivity contribution in [1.29, 1.82) is 0 Å². The molecule has 0 amide bonds. The van der Waals surface area contributed by atoms with Crippen LogP contribution in [0.5, 0.6) is 0 Å². The Morgan fingerprint density at radius 2 is 2.32 bits per heavy atom. The molecule has 1 atom stereocenters. The predicted molar refractivity (Wildman–Crippen MR) is 85.0 cm³/mol. The quantitative estimate of drug-likeness (QED) is 0.816. The SMILES string of the molecule is Cc1nc(CSc2nnc(C3CCCNC3)n2C)cc(=O)[nH]1. The Hall–Kier alpha value is -1.67. The minimum atomic E-state index is -0.116. The Morgan fingerprint density at radius 1 is 1.45 bits per heavy atom. The Kier molecular flexibility index (Phi) is 4.58. The molecule has 3 heterocycles. The summed E-state index contributed by atoms with van der Waals surface area (Å²) in [5.74, 6) is 2.71. The first-order chi connectivity index (χ1) is 10.6. The highest BCUT2D eigenvalue weighted by molar-refractivity contribution is 7.98. The molecule has 0 bridgehead atoms. The van der Waals surface area contributed by atoms with Gasteiger partial charge in [0.05, 0.1) is 5.69 Å². The van der Waals surface area contributed by atoms with Crippen LogP contribution in [0.1, 0.15) is 36.1 Å². The zero-order chi connectivity index (χ0) is 15.5. The third kappa shape index (κ3) is 3.38. The average Bonchev–Trinajstić information content (AvgIpc) is 2.86. The molecule has 3 rings (SSSR count). The highest BCUT2D eigenvalue weighted by atomic mass is 32.2. The largest absolute Gasteiger partial charge is 0.316 e. The third-order valence-electron chi connectivity index (χ3n) is 3.79. The van der Waals surface area contributed by atoms with Gasteiger partial charge in [0.15, 0.2) is 5.16 Å². The van der Waals surface area contributed by atoms with Crippen LogP contribution in [0.3, 0.4) is 0 Å². The van der Waals surface area contributed by atoms with Gasteiger partial charge >= 0.3 is 0 Å². The zero-order valence-corrected chi connectivity index (χ0v) is 13.6. The summed E-state index contributed by atoms with van der Waals surface area (Å²) in [7, 11) is 2.00. The first-order valence-corrected chi connectivity index (χ1v) is 8.41. The van der Waals surface area contributed by atoms with E-state index >= 15 is 0 Å². The molecule has 2 aromatic rings. The maximum Gasteiger partial charge on any atom is 0.251 e. The molecule has 0 radical (unpaired) electrons. The summed E-state index contributed by atoms with van der Waals surface area (Å²) in [5.41, 5.74) is 0.644.